The summed E-state index contributed by atoms with van der Waals surface area (Å²) in [6, 6.07) is 10.2. The number of benzene rings is 2. The van der Waals surface area contributed by atoms with E-state index in [-0.39, 0.29) is 52.3 Å². The number of ether oxygens (including phenoxy) is 1. The number of hydrogen-bond donors (Lipinski definition) is 2. The van der Waals surface area contributed by atoms with Crippen LogP contribution in [0, 0.1) is 17.1 Å². The molecule has 0 bridgehead atoms. The summed E-state index contributed by atoms with van der Waals surface area (Å²) in [6.07, 6.45) is 1.41. The quantitative estimate of drug-likeness (QED) is 0.662. The first-order valence-corrected chi connectivity index (χ1v) is 11.6. The Balaban J connectivity index is 1.62. The Bertz CT molecular complexity index is 1260. The minimum atomic E-state index is -1.06. The molecule has 8 nitrogen and oxygen atoms in total. The number of halogens is 2. The summed E-state index contributed by atoms with van der Waals surface area (Å²) >= 11 is 6.65. The molecular formula is C25H25ClFN5O3. The van der Waals surface area contributed by atoms with Crippen LogP contribution in [-0.4, -0.2) is 41.4 Å². The van der Waals surface area contributed by atoms with Gasteiger partial charge < -0.3 is 15.8 Å². The van der Waals surface area contributed by atoms with E-state index in [1.54, 1.807) is 30.0 Å². The smallest absolute Gasteiger partial charge is 0.258 e. The molecule has 2 amide bonds. The molecule has 0 unspecified atom stereocenters. The zero-order valence-electron chi connectivity index (χ0n) is 19.3. The molecule has 2 aromatic carbocycles. The van der Waals surface area contributed by atoms with Gasteiger partial charge in [0.15, 0.2) is 5.96 Å². The molecular weight excluding hydrogens is 473 g/mol. The number of nitrogens with two attached hydrogens (primary N) is 1. The number of aliphatic imine (C=N–C) groups is 1. The highest BCUT2D eigenvalue weighted by Gasteiger charge is 2.42. The molecule has 0 spiro atoms. The van der Waals surface area contributed by atoms with Crippen molar-refractivity contribution >= 4 is 35.1 Å². The minimum Gasteiger partial charge on any atom is -0.378 e. The van der Waals surface area contributed by atoms with Crippen molar-refractivity contribution in [2.24, 2.45) is 10.7 Å². The van der Waals surface area contributed by atoms with Crippen molar-refractivity contribution in [3.8, 4) is 6.07 Å². The summed E-state index contributed by atoms with van der Waals surface area (Å²) < 4.78 is 19.8. The van der Waals surface area contributed by atoms with Crippen molar-refractivity contribution in [1.82, 2.24) is 4.90 Å². The van der Waals surface area contributed by atoms with Gasteiger partial charge in [-0.3, -0.25) is 14.5 Å². The maximum Gasteiger partial charge on any atom is 0.258 e. The molecule has 2 heterocycles. The number of hydrogen-bond acceptors (Lipinski definition) is 6. The molecule has 2 aliphatic heterocycles. The normalized spacial score (nSPS) is 24.5. The lowest BCUT2D eigenvalue weighted by molar-refractivity contribution is -0.133. The van der Waals surface area contributed by atoms with Gasteiger partial charge in [-0.25, -0.2) is 9.38 Å². The Morgan fingerprint density at radius 1 is 1.40 bits per heavy atom. The number of carbonyl (C=O) groups is 2. The Morgan fingerprint density at radius 3 is 2.86 bits per heavy atom. The Hall–Kier alpha value is -3.48. The topological polar surface area (TPSA) is 121 Å². The van der Waals surface area contributed by atoms with Gasteiger partial charge in [-0.15, -0.1) is 0 Å². The third-order valence-electron chi connectivity index (χ3n) is 6.36. The van der Waals surface area contributed by atoms with E-state index in [4.69, 9.17) is 27.3 Å². The Labute approximate surface area is 207 Å². The molecule has 1 fully saturated rings. The number of guanidine groups is 1. The van der Waals surface area contributed by atoms with Crippen LogP contribution in [0.1, 0.15) is 54.6 Å². The molecule has 2 aliphatic rings. The standard InChI is InChI=1S/C25H25ClFN5O3/c1-14-10-16(8-9-35-14)32-21(33)12-25(2,31-24(32)29)18-4-3-5-20(22(18)26)30-23(34)17-11-15(13-28)6-7-19(17)27/h3-7,11,14,16H,8-10,12H2,1-2H3,(H2,29,31)(H,30,34)/t14-,16-,25+/m1/s1. The van der Waals surface area contributed by atoms with Gasteiger partial charge in [0.05, 0.1) is 46.0 Å². The Kier molecular flexibility index (Phi) is 6.79. The highest BCUT2D eigenvalue weighted by Crippen LogP contribution is 2.41. The van der Waals surface area contributed by atoms with Gasteiger partial charge in [0.1, 0.15) is 5.82 Å². The highest BCUT2D eigenvalue weighted by atomic mass is 35.5. The molecule has 1 saturated heterocycles. The van der Waals surface area contributed by atoms with E-state index in [0.717, 1.165) is 6.07 Å². The van der Waals surface area contributed by atoms with Gasteiger partial charge >= 0.3 is 0 Å². The van der Waals surface area contributed by atoms with E-state index >= 15 is 0 Å². The highest BCUT2D eigenvalue weighted by molar-refractivity contribution is 6.35. The number of rotatable bonds is 4. The van der Waals surface area contributed by atoms with E-state index in [0.29, 0.717) is 25.0 Å². The molecule has 0 radical (unpaired) electrons. The van der Waals surface area contributed by atoms with Crippen LogP contribution in [0.3, 0.4) is 0 Å². The van der Waals surface area contributed by atoms with Crippen LogP contribution in [0.25, 0.3) is 0 Å². The van der Waals surface area contributed by atoms with Crippen LogP contribution >= 0.6 is 11.6 Å². The summed E-state index contributed by atoms with van der Waals surface area (Å²) in [4.78, 5) is 32.1. The molecule has 2 aromatic rings. The lowest BCUT2D eigenvalue weighted by Gasteiger charge is -2.41. The van der Waals surface area contributed by atoms with E-state index < -0.39 is 17.3 Å². The predicted octanol–water partition coefficient (Wildman–Crippen LogP) is 3.93. The number of carbonyl (C=O) groups excluding carboxylic acids is 2. The second-order valence-electron chi connectivity index (χ2n) is 8.97. The molecule has 35 heavy (non-hydrogen) atoms. The molecule has 10 heteroatoms. The SMILES string of the molecule is C[C@@H]1C[C@H](N2C(=O)C[C@@](C)(c3cccc(NC(=O)c4cc(C#N)ccc4F)c3Cl)N=C2N)CCO1. The van der Waals surface area contributed by atoms with E-state index in [1.807, 2.05) is 13.0 Å². The van der Waals surface area contributed by atoms with Gasteiger partial charge in [0.2, 0.25) is 5.91 Å². The maximum atomic E-state index is 14.2. The van der Waals surface area contributed by atoms with Crippen LogP contribution in [0.5, 0.6) is 0 Å². The second kappa shape index (κ2) is 9.64. The molecule has 0 saturated carbocycles. The zero-order chi connectivity index (χ0) is 25.3. The third-order valence-corrected chi connectivity index (χ3v) is 6.77. The summed E-state index contributed by atoms with van der Waals surface area (Å²) in [5, 5.41) is 11.8. The average Bonchev–Trinajstić information content (AvgIpc) is 2.80. The second-order valence-corrected chi connectivity index (χ2v) is 9.35. The van der Waals surface area contributed by atoms with Gasteiger partial charge in [-0.1, -0.05) is 23.7 Å². The monoisotopic (exact) mass is 497 g/mol. The fraction of sp³-hybridized carbons (Fsp3) is 0.360. The van der Waals surface area contributed by atoms with Crippen LogP contribution < -0.4 is 11.1 Å². The van der Waals surface area contributed by atoms with Crippen molar-refractivity contribution in [1.29, 1.82) is 5.26 Å². The van der Waals surface area contributed by atoms with Crippen molar-refractivity contribution in [2.45, 2.75) is 50.8 Å². The predicted molar refractivity (Wildman–Crippen MR) is 129 cm³/mol. The van der Waals surface area contributed by atoms with Crippen molar-refractivity contribution in [2.75, 3.05) is 11.9 Å². The molecule has 3 atom stereocenters. The largest absolute Gasteiger partial charge is 0.378 e. The molecule has 0 aromatic heterocycles. The number of nitrogens with one attached hydrogen (secondary N) is 1. The first-order valence-electron chi connectivity index (χ1n) is 11.2. The zero-order valence-corrected chi connectivity index (χ0v) is 20.1. The molecule has 0 aliphatic carbocycles. The van der Waals surface area contributed by atoms with E-state index in [1.165, 1.54) is 12.1 Å². The third kappa shape index (κ3) is 4.85. The fourth-order valence-corrected chi connectivity index (χ4v) is 4.99. The van der Waals surface area contributed by atoms with Gasteiger partial charge in [0.25, 0.3) is 5.91 Å². The van der Waals surface area contributed by atoms with Crippen molar-refractivity contribution in [3.05, 3.63) is 63.9 Å². The summed E-state index contributed by atoms with van der Waals surface area (Å²) in [7, 11) is 0. The van der Waals surface area contributed by atoms with E-state index in [9.17, 15) is 14.0 Å². The van der Waals surface area contributed by atoms with Crippen LogP contribution in [0.4, 0.5) is 10.1 Å². The molecule has 182 valence electrons. The van der Waals surface area contributed by atoms with E-state index in [2.05, 4.69) is 10.3 Å². The molecule has 4 rings (SSSR count). The Morgan fingerprint density at radius 2 is 2.17 bits per heavy atom. The maximum absolute atomic E-state index is 14.2. The first-order chi connectivity index (χ1) is 16.6. The minimum absolute atomic E-state index is 0.0242. The summed E-state index contributed by atoms with van der Waals surface area (Å²) in [6.45, 7) is 4.26. The number of anilines is 1. The van der Waals surface area contributed by atoms with Crippen LogP contribution in [-0.2, 0) is 15.1 Å². The van der Waals surface area contributed by atoms with Crippen LogP contribution in [0.15, 0.2) is 41.4 Å². The lowest BCUT2D eigenvalue weighted by Crippen LogP contribution is -2.56. The summed E-state index contributed by atoms with van der Waals surface area (Å²) in [5.74, 6) is -1.58. The fourth-order valence-electron chi connectivity index (χ4n) is 4.61. The molecule has 3 N–H and O–H groups in total. The van der Waals surface area contributed by atoms with Gasteiger partial charge in [0, 0.05) is 18.2 Å². The lowest BCUT2D eigenvalue weighted by atomic mass is 9.86. The average molecular weight is 498 g/mol. The first kappa shape index (κ1) is 24.6. The number of amides is 2. The summed E-state index contributed by atoms with van der Waals surface area (Å²) in [5.41, 5.74) is 5.81. The number of nitriles is 1. The van der Waals surface area contributed by atoms with Crippen molar-refractivity contribution < 1.29 is 18.7 Å². The van der Waals surface area contributed by atoms with Crippen molar-refractivity contribution in [3.63, 3.8) is 0 Å². The number of nitrogens with zero attached hydrogens (tertiary/aromatic N) is 3. The van der Waals surface area contributed by atoms with Crippen LogP contribution in [0.2, 0.25) is 5.02 Å². The van der Waals surface area contributed by atoms with Gasteiger partial charge in [-0.05, 0) is 51.0 Å². The van der Waals surface area contributed by atoms with Gasteiger partial charge in [-0.2, -0.15) is 5.26 Å².